The molecule has 0 spiro atoms. The van der Waals surface area contributed by atoms with Gasteiger partial charge in [-0.25, -0.2) is 0 Å². The van der Waals surface area contributed by atoms with Crippen LogP contribution in [0.15, 0.2) is 60.7 Å². The molecule has 2 aromatic carbocycles. The Morgan fingerprint density at radius 3 is 1.75 bits per heavy atom. The summed E-state index contributed by atoms with van der Waals surface area (Å²) in [5, 5.41) is 11.7. The second-order valence-corrected chi connectivity index (χ2v) is 8.87. The van der Waals surface area contributed by atoms with E-state index in [0.29, 0.717) is 0 Å². The molecule has 0 heterocycles. The van der Waals surface area contributed by atoms with Crippen molar-refractivity contribution < 1.29 is 9.90 Å². The lowest BCUT2D eigenvalue weighted by molar-refractivity contribution is -0.136. The molecule has 0 radical (unpaired) electrons. The Morgan fingerprint density at radius 1 is 0.950 bits per heavy atom. The Morgan fingerprint density at radius 2 is 1.40 bits per heavy atom. The van der Waals surface area contributed by atoms with Crippen molar-refractivity contribution in [2.75, 3.05) is 12.3 Å². The lowest BCUT2D eigenvalue weighted by Crippen LogP contribution is -2.27. The van der Waals surface area contributed by atoms with Gasteiger partial charge < -0.3 is 5.11 Å². The number of hydrogen-bond donors (Lipinski definition) is 1. The van der Waals surface area contributed by atoms with Crippen LogP contribution in [0.1, 0.15) is 13.3 Å². The van der Waals surface area contributed by atoms with Gasteiger partial charge in [-0.05, 0) is 31.2 Å². The monoisotopic (exact) mass is 287 g/mol. The second kappa shape index (κ2) is 6.67. The first kappa shape index (κ1) is 14.7. The fourth-order valence-electron chi connectivity index (χ4n) is 2.64. The molecule has 0 fully saturated rings. The molecule has 2 nitrogen and oxygen atoms in total. The van der Waals surface area contributed by atoms with Crippen LogP contribution in [0.3, 0.4) is 0 Å². The number of carboxylic acid groups (broad SMARTS) is 1. The van der Waals surface area contributed by atoms with E-state index in [1.165, 1.54) is 10.6 Å². The molecule has 104 valence electrons. The van der Waals surface area contributed by atoms with Crippen LogP contribution in [0.25, 0.3) is 0 Å². The maximum Gasteiger partial charge on any atom is 0.307 e. The number of carbonyl (C=O) groups is 1. The third-order valence-electron chi connectivity index (χ3n) is 3.75. The van der Waals surface area contributed by atoms with Gasteiger partial charge in [0.25, 0.3) is 0 Å². The summed E-state index contributed by atoms with van der Waals surface area (Å²) < 4.78 is 0. The van der Waals surface area contributed by atoms with E-state index >= 15 is 0 Å². The molecule has 0 aliphatic rings. The van der Waals surface area contributed by atoms with Crippen LogP contribution in [0.5, 0.6) is 0 Å². The predicted molar refractivity (Wildman–Crippen MR) is 86.7 cm³/mol. The minimum atomic E-state index is -1.62. The van der Waals surface area contributed by atoms with Gasteiger partial charge in [-0.3, -0.25) is 4.79 Å². The quantitative estimate of drug-likeness (QED) is 0.829. The third kappa shape index (κ3) is 3.08. The Hall–Kier alpha value is -1.66. The predicted octanol–water partition coefficient (Wildman–Crippen LogP) is 3.15. The van der Waals surface area contributed by atoms with Crippen LogP contribution in [0.4, 0.5) is 0 Å². The SMILES string of the molecule is CC[P+](CCC(=O)O)(c1ccccc1)c1ccccc1. The summed E-state index contributed by atoms with van der Waals surface area (Å²) >= 11 is 0. The van der Waals surface area contributed by atoms with Crippen LogP contribution in [0, 0.1) is 0 Å². The highest BCUT2D eigenvalue weighted by Gasteiger charge is 2.40. The van der Waals surface area contributed by atoms with E-state index < -0.39 is 13.2 Å². The van der Waals surface area contributed by atoms with Gasteiger partial charge in [0.15, 0.2) is 0 Å². The summed E-state index contributed by atoms with van der Waals surface area (Å²) in [6, 6.07) is 20.8. The Bertz CT molecular complexity index is 512. The molecule has 0 bridgehead atoms. The Labute approximate surface area is 120 Å². The number of carboxylic acids is 1. The first-order valence-electron chi connectivity index (χ1n) is 6.89. The van der Waals surface area contributed by atoms with Crippen LogP contribution in [-0.4, -0.2) is 23.4 Å². The Balaban J connectivity index is 2.49. The summed E-state index contributed by atoms with van der Waals surface area (Å²) in [5.41, 5.74) is 0. The largest absolute Gasteiger partial charge is 0.481 e. The van der Waals surface area contributed by atoms with E-state index in [1.54, 1.807) is 0 Å². The fraction of sp³-hybridized carbons (Fsp3) is 0.235. The highest BCUT2D eigenvalue weighted by atomic mass is 31.2. The number of rotatable bonds is 6. The summed E-state index contributed by atoms with van der Waals surface area (Å²) in [4.78, 5) is 11.0. The summed E-state index contributed by atoms with van der Waals surface area (Å²) in [6.45, 7) is 2.18. The summed E-state index contributed by atoms with van der Waals surface area (Å²) in [6.07, 6.45) is 1.95. The third-order valence-corrected chi connectivity index (χ3v) is 8.39. The van der Waals surface area contributed by atoms with Gasteiger partial charge >= 0.3 is 5.97 Å². The van der Waals surface area contributed by atoms with Crippen LogP contribution >= 0.6 is 7.26 Å². The maximum atomic E-state index is 11.0. The van der Waals surface area contributed by atoms with Gasteiger partial charge in [-0.15, -0.1) is 0 Å². The minimum Gasteiger partial charge on any atom is -0.481 e. The zero-order chi connectivity index (χ0) is 14.4. The van der Waals surface area contributed by atoms with E-state index in [-0.39, 0.29) is 6.42 Å². The van der Waals surface area contributed by atoms with Crippen LogP contribution in [-0.2, 0) is 4.79 Å². The van der Waals surface area contributed by atoms with E-state index in [9.17, 15) is 4.79 Å². The lowest BCUT2D eigenvalue weighted by Gasteiger charge is -2.25. The molecular formula is C17H20O2P+. The smallest absolute Gasteiger partial charge is 0.307 e. The van der Waals surface area contributed by atoms with E-state index in [0.717, 1.165) is 12.3 Å². The molecule has 2 rings (SSSR count). The zero-order valence-electron chi connectivity index (χ0n) is 11.7. The highest BCUT2D eigenvalue weighted by Crippen LogP contribution is 2.56. The summed E-state index contributed by atoms with van der Waals surface area (Å²) in [5.74, 6) is -0.713. The van der Waals surface area contributed by atoms with Crippen molar-refractivity contribution in [1.29, 1.82) is 0 Å². The highest BCUT2D eigenvalue weighted by molar-refractivity contribution is 7.89. The van der Waals surface area contributed by atoms with Gasteiger partial charge in [-0.1, -0.05) is 36.4 Å². The lowest BCUT2D eigenvalue weighted by atomic mass is 10.4. The standard InChI is InChI=1S/C17H19O2P/c1-2-20(14-13-17(18)19,15-9-5-3-6-10-15)16-11-7-4-8-12-16/h3-12H,2,13-14H2,1H3/p+1. The average Bonchev–Trinajstić information content (AvgIpc) is 2.50. The van der Waals surface area contributed by atoms with E-state index in [2.05, 4.69) is 31.2 Å². The van der Waals surface area contributed by atoms with Crippen LogP contribution < -0.4 is 10.6 Å². The number of hydrogen-bond acceptors (Lipinski definition) is 1. The first-order valence-corrected chi connectivity index (χ1v) is 9.05. The molecule has 1 N–H and O–H groups in total. The van der Waals surface area contributed by atoms with E-state index in [1.807, 2.05) is 36.4 Å². The first-order chi connectivity index (χ1) is 9.69. The molecule has 0 atom stereocenters. The van der Waals surface area contributed by atoms with Gasteiger partial charge in [0.05, 0.1) is 36.6 Å². The second-order valence-electron chi connectivity index (χ2n) is 4.82. The van der Waals surface area contributed by atoms with Gasteiger partial charge in [0.1, 0.15) is 0 Å². The van der Waals surface area contributed by atoms with Crippen LogP contribution in [0.2, 0.25) is 0 Å². The molecule has 2 aromatic rings. The molecular weight excluding hydrogens is 267 g/mol. The molecule has 0 saturated carbocycles. The summed E-state index contributed by atoms with van der Waals surface area (Å²) in [7, 11) is -1.62. The zero-order valence-corrected chi connectivity index (χ0v) is 12.6. The topological polar surface area (TPSA) is 37.3 Å². The average molecular weight is 287 g/mol. The molecule has 3 heteroatoms. The van der Waals surface area contributed by atoms with Crippen molar-refractivity contribution in [3.8, 4) is 0 Å². The fourth-order valence-corrected chi connectivity index (χ4v) is 6.56. The van der Waals surface area contributed by atoms with Crippen molar-refractivity contribution in [2.24, 2.45) is 0 Å². The molecule has 0 aliphatic carbocycles. The molecule has 0 aliphatic heterocycles. The number of benzene rings is 2. The van der Waals surface area contributed by atoms with Crippen molar-refractivity contribution in [1.82, 2.24) is 0 Å². The van der Waals surface area contributed by atoms with Crippen molar-refractivity contribution in [3.05, 3.63) is 60.7 Å². The molecule has 0 saturated heterocycles. The molecule has 0 amide bonds. The molecule has 0 unspecified atom stereocenters. The van der Waals surface area contributed by atoms with Gasteiger partial charge in [0.2, 0.25) is 0 Å². The van der Waals surface area contributed by atoms with Crippen molar-refractivity contribution in [3.63, 3.8) is 0 Å². The molecule has 20 heavy (non-hydrogen) atoms. The van der Waals surface area contributed by atoms with E-state index in [4.69, 9.17) is 5.11 Å². The van der Waals surface area contributed by atoms with Crippen molar-refractivity contribution in [2.45, 2.75) is 13.3 Å². The molecule has 0 aromatic heterocycles. The normalized spacial score (nSPS) is 11.2. The van der Waals surface area contributed by atoms with Gasteiger partial charge in [-0.2, -0.15) is 0 Å². The van der Waals surface area contributed by atoms with Crippen molar-refractivity contribution >= 4 is 23.8 Å². The van der Waals surface area contributed by atoms with Gasteiger partial charge in [0, 0.05) is 0 Å². The minimum absolute atomic E-state index is 0.228. The maximum absolute atomic E-state index is 11.0. The Kier molecular flexibility index (Phi) is 4.92. The number of aliphatic carboxylic acids is 1.